The quantitative estimate of drug-likeness (QED) is 0.789. The highest BCUT2D eigenvalue weighted by Gasteiger charge is 2.13. The average Bonchev–Trinajstić information content (AvgIpc) is 2.55. The number of rotatable bonds is 2. The fourth-order valence-corrected chi connectivity index (χ4v) is 1.68. The normalized spacial score (nSPS) is 10.9. The van der Waals surface area contributed by atoms with Crippen LogP contribution in [-0.2, 0) is 0 Å². The van der Waals surface area contributed by atoms with Crippen LogP contribution in [0.2, 0.25) is 0 Å². The smallest absolute Gasteiger partial charge is 0.143 e. The Hall–Kier alpha value is -1.71. The van der Waals surface area contributed by atoms with Gasteiger partial charge in [-0.1, -0.05) is 0 Å². The molecule has 0 aliphatic rings. The number of fused-ring (bicyclic) bond motifs is 1. The molecule has 0 atom stereocenters. The summed E-state index contributed by atoms with van der Waals surface area (Å²) in [6.45, 7) is 6.56. The molecule has 15 heavy (non-hydrogen) atoms. The summed E-state index contributed by atoms with van der Waals surface area (Å²) in [6, 6.07) is 0. The molecule has 0 bridgehead atoms. The van der Waals surface area contributed by atoms with Gasteiger partial charge in [-0.2, -0.15) is 0 Å². The Labute approximate surface area is 88.5 Å². The van der Waals surface area contributed by atoms with Gasteiger partial charge in [0, 0.05) is 17.5 Å². The summed E-state index contributed by atoms with van der Waals surface area (Å²) in [5, 5.41) is 0.889. The second kappa shape index (κ2) is 3.46. The molecule has 0 unspecified atom stereocenters. The SMILES string of the molecule is CCOc1c(C)c(C)nc2[nH]cc(N)c12. The van der Waals surface area contributed by atoms with Crippen molar-refractivity contribution in [2.75, 3.05) is 12.3 Å². The Morgan fingerprint density at radius 1 is 1.47 bits per heavy atom. The molecule has 80 valence electrons. The first-order valence-electron chi connectivity index (χ1n) is 5.01. The summed E-state index contributed by atoms with van der Waals surface area (Å²) in [5.74, 6) is 0.846. The molecule has 4 heteroatoms. The molecule has 0 spiro atoms. The lowest BCUT2D eigenvalue weighted by Crippen LogP contribution is -1.99. The lowest BCUT2D eigenvalue weighted by atomic mass is 10.1. The third kappa shape index (κ3) is 1.42. The molecule has 0 amide bonds. The molecule has 0 fully saturated rings. The number of H-pyrrole nitrogens is 1. The van der Waals surface area contributed by atoms with E-state index in [0.29, 0.717) is 12.3 Å². The Kier molecular flexibility index (Phi) is 2.26. The molecule has 0 aliphatic carbocycles. The zero-order valence-electron chi connectivity index (χ0n) is 9.22. The fraction of sp³-hybridized carbons (Fsp3) is 0.364. The van der Waals surface area contributed by atoms with Crippen LogP contribution in [0.3, 0.4) is 0 Å². The average molecular weight is 205 g/mol. The van der Waals surface area contributed by atoms with Crippen LogP contribution in [0.25, 0.3) is 11.0 Å². The summed E-state index contributed by atoms with van der Waals surface area (Å²) in [7, 11) is 0. The van der Waals surface area contributed by atoms with Crippen molar-refractivity contribution >= 4 is 16.7 Å². The van der Waals surface area contributed by atoms with E-state index in [1.165, 1.54) is 0 Å². The van der Waals surface area contributed by atoms with Gasteiger partial charge < -0.3 is 15.5 Å². The number of aromatic nitrogens is 2. The predicted octanol–water partition coefficient (Wildman–Crippen LogP) is 2.16. The zero-order chi connectivity index (χ0) is 11.0. The zero-order valence-corrected chi connectivity index (χ0v) is 9.22. The Balaban J connectivity index is 2.80. The first-order valence-corrected chi connectivity index (χ1v) is 5.01. The highest BCUT2D eigenvalue weighted by atomic mass is 16.5. The first-order chi connectivity index (χ1) is 7.15. The Bertz CT molecular complexity index is 502. The summed E-state index contributed by atoms with van der Waals surface area (Å²) in [5.41, 5.74) is 9.37. The van der Waals surface area contributed by atoms with Gasteiger partial charge in [-0.25, -0.2) is 4.98 Å². The van der Waals surface area contributed by atoms with Gasteiger partial charge in [0.2, 0.25) is 0 Å². The maximum Gasteiger partial charge on any atom is 0.143 e. The second-order valence-corrected chi connectivity index (χ2v) is 3.55. The summed E-state index contributed by atoms with van der Waals surface area (Å²) < 4.78 is 5.63. The minimum absolute atomic E-state index is 0.629. The van der Waals surface area contributed by atoms with E-state index in [2.05, 4.69) is 9.97 Å². The van der Waals surface area contributed by atoms with Crippen molar-refractivity contribution in [1.29, 1.82) is 0 Å². The number of hydrogen-bond acceptors (Lipinski definition) is 3. The number of pyridine rings is 1. The van der Waals surface area contributed by atoms with Crippen LogP contribution in [0.5, 0.6) is 5.75 Å². The molecule has 0 saturated carbocycles. The Morgan fingerprint density at radius 3 is 2.87 bits per heavy atom. The molecule has 0 aliphatic heterocycles. The van der Waals surface area contributed by atoms with Crippen molar-refractivity contribution < 1.29 is 4.74 Å². The van der Waals surface area contributed by atoms with E-state index in [-0.39, 0.29) is 0 Å². The van der Waals surface area contributed by atoms with E-state index in [1.807, 2.05) is 20.8 Å². The summed E-state index contributed by atoms with van der Waals surface area (Å²) in [4.78, 5) is 7.46. The molecule has 0 saturated heterocycles. The first kappa shape index (κ1) is 9.83. The van der Waals surface area contributed by atoms with Crippen LogP contribution in [-0.4, -0.2) is 16.6 Å². The largest absolute Gasteiger partial charge is 0.493 e. The Morgan fingerprint density at radius 2 is 2.20 bits per heavy atom. The molecule has 2 aromatic rings. The van der Waals surface area contributed by atoms with Gasteiger partial charge in [0.15, 0.2) is 0 Å². The molecule has 2 heterocycles. The summed E-state index contributed by atoms with van der Waals surface area (Å²) in [6.07, 6.45) is 1.75. The number of hydrogen-bond donors (Lipinski definition) is 2. The number of aromatic amines is 1. The van der Waals surface area contributed by atoms with Crippen molar-refractivity contribution in [3.63, 3.8) is 0 Å². The number of nitrogen functional groups attached to an aromatic ring is 1. The predicted molar refractivity (Wildman–Crippen MR) is 61.1 cm³/mol. The fourth-order valence-electron chi connectivity index (χ4n) is 1.68. The van der Waals surface area contributed by atoms with Gasteiger partial charge in [-0.15, -0.1) is 0 Å². The van der Waals surface area contributed by atoms with Gasteiger partial charge in [0.05, 0.1) is 17.7 Å². The van der Waals surface area contributed by atoms with Crippen molar-refractivity contribution in [3.8, 4) is 5.75 Å². The van der Waals surface area contributed by atoms with E-state index in [1.54, 1.807) is 6.20 Å². The van der Waals surface area contributed by atoms with Crippen molar-refractivity contribution in [3.05, 3.63) is 17.5 Å². The topological polar surface area (TPSA) is 63.9 Å². The summed E-state index contributed by atoms with van der Waals surface area (Å²) >= 11 is 0. The number of nitrogens with one attached hydrogen (secondary N) is 1. The molecular formula is C11H15N3O. The van der Waals surface area contributed by atoms with Crippen LogP contribution in [0.15, 0.2) is 6.20 Å². The molecule has 3 N–H and O–H groups in total. The highest BCUT2D eigenvalue weighted by molar-refractivity contribution is 5.95. The number of nitrogens with two attached hydrogens (primary N) is 1. The highest BCUT2D eigenvalue weighted by Crippen LogP contribution is 2.33. The number of anilines is 1. The van der Waals surface area contributed by atoms with Crippen molar-refractivity contribution in [2.45, 2.75) is 20.8 Å². The van der Waals surface area contributed by atoms with E-state index in [0.717, 1.165) is 28.0 Å². The van der Waals surface area contributed by atoms with Crippen molar-refractivity contribution in [2.24, 2.45) is 0 Å². The molecule has 0 aromatic carbocycles. The van der Waals surface area contributed by atoms with Gasteiger partial charge in [0.25, 0.3) is 0 Å². The molecule has 2 aromatic heterocycles. The standard InChI is InChI=1S/C11H15N3O/c1-4-15-10-6(2)7(3)14-11-9(10)8(12)5-13-11/h5H,4,12H2,1-3H3,(H,13,14). The van der Waals surface area contributed by atoms with E-state index < -0.39 is 0 Å². The minimum atomic E-state index is 0.629. The van der Waals surface area contributed by atoms with Gasteiger partial charge in [0.1, 0.15) is 11.4 Å². The third-order valence-electron chi connectivity index (χ3n) is 2.57. The number of ether oxygens (including phenoxy) is 1. The molecule has 4 nitrogen and oxygen atoms in total. The maximum atomic E-state index is 5.88. The lowest BCUT2D eigenvalue weighted by molar-refractivity contribution is 0.341. The molecular weight excluding hydrogens is 190 g/mol. The van der Waals surface area contributed by atoms with E-state index in [9.17, 15) is 0 Å². The molecule has 0 radical (unpaired) electrons. The monoisotopic (exact) mass is 205 g/mol. The third-order valence-corrected chi connectivity index (χ3v) is 2.57. The second-order valence-electron chi connectivity index (χ2n) is 3.55. The van der Waals surface area contributed by atoms with Gasteiger partial charge >= 0.3 is 0 Å². The van der Waals surface area contributed by atoms with Crippen LogP contribution in [0.4, 0.5) is 5.69 Å². The number of aryl methyl sites for hydroxylation is 1. The van der Waals surface area contributed by atoms with Crippen LogP contribution in [0.1, 0.15) is 18.2 Å². The van der Waals surface area contributed by atoms with E-state index in [4.69, 9.17) is 10.5 Å². The minimum Gasteiger partial charge on any atom is -0.493 e. The van der Waals surface area contributed by atoms with Crippen LogP contribution >= 0.6 is 0 Å². The van der Waals surface area contributed by atoms with Gasteiger partial charge in [-0.3, -0.25) is 0 Å². The maximum absolute atomic E-state index is 5.88. The van der Waals surface area contributed by atoms with Crippen LogP contribution < -0.4 is 10.5 Å². The van der Waals surface area contributed by atoms with Gasteiger partial charge in [-0.05, 0) is 20.8 Å². The lowest BCUT2D eigenvalue weighted by Gasteiger charge is -2.10. The molecule has 2 rings (SSSR count). The van der Waals surface area contributed by atoms with E-state index >= 15 is 0 Å². The van der Waals surface area contributed by atoms with Crippen molar-refractivity contribution in [1.82, 2.24) is 9.97 Å². The number of nitrogens with zero attached hydrogens (tertiary/aromatic N) is 1. The van der Waals surface area contributed by atoms with Crippen LogP contribution in [0, 0.1) is 13.8 Å².